The average Bonchev–Trinajstić information content (AvgIpc) is 2.42. The highest BCUT2D eigenvalue weighted by Gasteiger charge is 2.22. The Bertz CT molecular complexity index is 178. The zero-order valence-electron chi connectivity index (χ0n) is 12.5. The molecule has 0 bridgehead atoms. The van der Waals surface area contributed by atoms with Gasteiger partial charge in [-0.1, -0.05) is 58.8 Å². The van der Waals surface area contributed by atoms with Gasteiger partial charge in [0.25, 0.3) is 0 Å². The average molecular weight is 272 g/mol. The molecule has 2 heteroatoms. The number of nitrogens with one attached hydrogen (secondary N) is 1. The third kappa shape index (κ3) is 7.04. The topological polar surface area (TPSA) is 12.0 Å². The summed E-state index contributed by atoms with van der Waals surface area (Å²) in [6.07, 6.45) is 14.3. The van der Waals surface area contributed by atoms with Crippen LogP contribution in [0.1, 0.15) is 78.1 Å². The SMILES string of the molecule is CCCCCCCCC(NCC)C1CCCCS1. The number of thioether (sulfide) groups is 1. The molecule has 0 aromatic rings. The van der Waals surface area contributed by atoms with Crippen LogP contribution in [0.4, 0.5) is 0 Å². The van der Waals surface area contributed by atoms with Crippen LogP contribution in [0.5, 0.6) is 0 Å². The highest BCUT2D eigenvalue weighted by molar-refractivity contribution is 8.00. The van der Waals surface area contributed by atoms with Crippen molar-refractivity contribution in [2.24, 2.45) is 0 Å². The van der Waals surface area contributed by atoms with Gasteiger partial charge in [0.05, 0.1) is 0 Å². The molecular weight excluding hydrogens is 238 g/mol. The minimum Gasteiger partial charge on any atom is -0.313 e. The third-order valence-electron chi connectivity index (χ3n) is 4.00. The van der Waals surface area contributed by atoms with Gasteiger partial charge in [0.2, 0.25) is 0 Å². The molecule has 108 valence electrons. The first-order valence-corrected chi connectivity index (χ1v) is 9.28. The molecular formula is C16H33NS. The normalized spacial score (nSPS) is 22.0. The van der Waals surface area contributed by atoms with E-state index in [1.807, 2.05) is 0 Å². The smallest absolute Gasteiger partial charge is 0.0201 e. The van der Waals surface area contributed by atoms with Crippen molar-refractivity contribution in [2.45, 2.75) is 89.3 Å². The van der Waals surface area contributed by atoms with E-state index in [0.717, 1.165) is 17.8 Å². The van der Waals surface area contributed by atoms with Crippen LogP contribution in [0.25, 0.3) is 0 Å². The summed E-state index contributed by atoms with van der Waals surface area (Å²) in [4.78, 5) is 0. The summed E-state index contributed by atoms with van der Waals surface area (Å²) in [6.45, 7) is 5.68. The van der Waals surface area contributed by atoms with Crippen LogP contribution in [-0.2, 0) is 0 Å². The molecule has 0 radical (unpaired) electrons. The molecule has 1 heterocycles. The zero-order chi connectivity index (χ0) is 13.1. The van der Waals surface area contributed by atoms with Gasteiger partial charge in [-0.25, -0.2) is 0 Å². The molecule has 0 spiro atoms. The molecule has 2 atom stereocenters. The van der Waals surface area contributed by atoms with Gasteiger partial charge < -0.3 is 5.32 Å². The number of unbranched alkanes of at least 4 members (excludes halogenated alkanes) is 5. The zero-order valence-corrected chi connectivity index (χ0v) is 13.4. The Kier molecular flexibility index (Phi) is 10.1. The van der Waals surface area contributed by atoms with Crippen molar-refractivity contribution in [1.29, 1.82) is 0 Å². The van der Waals surface area contributed by atoms with Crippen molar-refractivity contribution in [3.05, 3.63) is 0 Å². The third-order valence-corrected chi connectivity index (χ3v) is 5.52. The van der Waals surface area contributed by atoms with Crippen molar-refractivity contribution in [3.63, 3.8) is 0 Å². The summed E-state index contributed by atoms with van der Waals surface area (Å²) >= 11 is 2.22. The van der Waals surface area contributed by atoms with Crippen molar-refractivity contribution in [1.82, 2.24) is 5.32 Å². The highest BCUT2D eigenvalue weighted by atomic mass is 32.2. The molecule has 0 amide bonds. The molecule has 0 aliphatic carbocycles. The first kappa shape index (κ1) is 16.4. The lowest BCUT2D eigenvalue weighted by molar-refractivity contribution is 0.428. The van der Waals surface area contributed by atoms with Gasteiger partial charge in [0.15, 0.2) is 0 Å². The Morgan fingerprint density at radius 1 is 1.06 bits per heavy atom. The lowest BCUT2D eigenvalue weighted by Gasteiger charge is -2.30. The summed E-state index contributed by atoms with van der Waals surface area (Å²) in [6, 6.07) is 0.784. The second kappa shape index (κ2) is 11.2. The molecule has 18 heavy (non-hydrogen) atoms. The second-order valence-electron chi connectivity index (χ2n) is 5.63. The predicted octanol–water partition coefficient (Wildman–Crippen LogP) is 5.00. The van der Waals surface area contributed by atoms with Gasteiger partial charge in [-0.05, 0) is 31.6 Å². The van der Waals surface area contributed by atoms with Crippen molar-refractivity contribution >= 4 is 11.8 Å². The molecule has 1 N–H and O–H groups in total. The standard InChI is InChI=1S/C16H33NS/c1-3-5-6-7-8-9-12-15(17-4-2)16-13-10-11-14-18-16/h15-17H,3-14H2,1-2H3. The van der Waals surface area contributed by atoms with Gasteiger partial charge in [-0.15, -0.1) is 0 Å². The fourth-order valence-electron chi connectivity index (χ4n) is 2.91. The monoisotopic (exact) mass is 271 g/mol. The van der Waals surface area contributed by atoms with Crippen LogP contribution >= 0.6 is 11.8 Å². The van der Waals surface area contributed by atoms with Gasteiger partial charge in [0, 0.05) is 11.3 Å². The largest absolute Gasteiger partial charge is 0.313 e. The Morgan fingerprint density at radius 2 is 1.83 bits per heavy atom. The molecule has 1 rings (SSSR count). The predicted molar refractivity (Wildman–Crippen MR) is 85.6 cm³/mol. The minimum absolute atomic E-state index is 0.784. The Balaban J connectivity index is 2.12. The first-order valence-electron chi connectivity index (χ1n) is 8.23. The maximum Gasteiger partial charge on any atom is 0.0201 e. The number of hydrogen-bond acceptors (Lipinski definition) is 2. The van der Waals surface area contributed by atoms with E-state index in [1.165, 1.54) is 70.0 Å². The lowest BCUT2D eigenvalue weighted by atomic mass is 10.00. The van der Waals surface area contributed by atoms with Crippen LogP contribution in [0.2, 0.25) is 0 Å². The Hall–Kier alpha value is 0.310. The molecule has 1 fully saturated rings. The first-order chi connectivity index (χ1) is 8.88. The van der Waals surface area contributed by atoms with E-state index in [-0.39, 0.29) is 0 Å². The van der Waals surface area contributed by atoms with E-state index in [9.17, 15) is 0 Å². The summed E-state index contributed by atoms with van der Waals surface area (Å²) in [5, 5.41) is 4.63. The summed E-state index contributed by atoms with van der Waals surface area (Å²) in [7, 11) is 0. The van der Waals surface area contributed by atoms with Crippen LogP contribution in [-0.4, -0.2) is 23.6 Å². The summed E-state index contributed by atoms with van der Waals surface area (Å²) < 4.78 is 0. The Morgan fingerprint density at radius 3 is 2.50 bits per heavy atom. The number of rotatable bonds is 10. The number of hydrogen-bond donors (Lipinski definition) is 1. The molecule has 1 nitrogen and oxygen atoms in total. The van der Waals surface area contributed by atoms with Crippen LogP contribution in [0, 0.1) is 0 Å². The van der Waals surface area contributed by atoms with Crippen LogP contribution in [0.15, 0.2) is 0 Å². The van der Waals surface area contributed by atoms with Crippen molar-refractivity contribution in [2.75, 3.05) is 12.3 Å². The Labute approximate surface area is 119 Å². The van der Waals surface area contributed by atoms with E-state index in [0.29, 0.717) is 0 Å². The maximum absolute atomic E-state index is 3.73. The molecule has 0 aromatic carbocycles. The van der Waals surface area contributed by atoms with Crippen LogP contribution in [0.3, 0.4) is 0 Å². The van der Waals surface area contributed by atoms with Gasteiger partial charge in [0.1, 0.15) is 0 Å². The van der Waals surface area contributed by atoms with Crippen LogP contribution < -0.4 is 5.32 Å². The van der Waals surface area contributed by atoms with Gasteiger partial charge in [-0.3, -0.25) is 0 Å². The summed E-state index contributed by atoms with van der Waals surface area (Å²) in [5.41, 5.74) is 0. The second-order valence-corrected chi connectivity index (χ2v) is 6.97. The van der Waals surface area contributed by atoms with E-state index in [4.69, 9.17) is 0 Å². The maximum atomic E-state index is 3.73. The minimum atomic E-state index is 0.784. The molecule has 0 saturated carbocycles. The van der Waals surface area contributed by atoms with E-state index >= 15 is 0 Å². The lowest BCUT2D eigenvalue weighted by Crippen LogP contribution is -2.39. The van der Waals surface area contributed by atoms with Crippen molar-refractivity contribution in [3.8, 4) is 0 Å². The van der Waals surface area contributed by atoms with Gasteiger partial charge in [-0.2, -0.15) is 11.8 Å². The molecule has 0 aromatic heterocycles. The fourth-order valence-corrected chi connectivity index (χ4v) is 4.38. The van der Waals surface area contributed by atoms with E-state index in [1.54, 1.807) is 0 Å². The molecule has 1 aliphatic heterocycles. The summed E-state index contributed by atoms with van der Waals surface area (Å²) in [5.74, 6) is 1.39. The fraction of sp³-hybridized carbons (Fsp3) is 1.00. The highest BCUT2D eigenvalue weighted by Crippen LogP contribution is 2.29. The van der Waals surface area contributed by atoms with Crippen molar-refractivity contribution < 1.29 is 0 Å². The quantitative estimate of drug-likeness (QED) is 0.561. The molecule has 2 unspecified atom stereocenters. The molecule has 1 saturated heterocycles. The van der Waals surface area contributed by atoms with E-state index < -0.39 is 0 Å². The van der Waals surface area contributed by atoms with Gasteiger partial charge >= 0.3 is 0 Å². The van der Waals surface area contributed by atoms with E-state index in [2.05, 4.69) is 30.9 Å². The molecule has 1 aliphatic rings.